The molecule has 1 aliphatic heterocycles. The van der Waals surface area contributed by atoms with E-state index < -0.39 is 0 Å². The van der Waals surface area contributed by atoms with Gasteiger partial charge < -0.3 is 9.88 Å². The second-order valence-corrected chi connectivity index (χ2v) is 4.45. The fourth-order valence-corrected chi connectivity index (χ4v) is 2.44. The molecule has 1 atom stereocenters. The lowest BCUT2D eigenvalue weighted by atomic mass is 10.1. The smallest absolute Gasteiger partial charge is 0.125 e. The lowest BCUT2D eigenvalue weighted by molar-refractivity contribution is 0.489. The van der Waals surface area contributed by atoms with E-state index in [-0.39, 0.29) is 0 Å². The van der Waals surface area contributed by atoms with Crippen LogP contribution in [0.3, 0.4) is 0 Å². The molecule has 0 radical (unpaired) electrons. The number of nitrogens with zero attached hydrogens (tertiary/aromatic N) is 2. The molecule has 16 heavy (non-hydrogen) atoms. The number of aromatic nitrogens is 1. The first-order valence-corrected chi connectivity index (χ1v) is 5.56. The molecule has 1 unspecified atom stereocenters. The van der Waals surface area contributed by atoms with E-state index in [2.05, 4.69) is 28.9 Å². The maximum Gasteiger partial charge on any atom is 0.125 e. The van der Waals surface area contributed by atoms with Gasteiger partial charge in [0.1, 0.15) is 17.5 Å². The number of benzene rings is 1. The third kappa shape index (κ3) is 1.13. The lowest BCUT2D eigenvalue weighted by Crippen LogP contribution is -2.25. The van der Waals surface area contributed by atoms with Gasteiger partial charge in [0.25, 0.3) is 0 Å². The molecule has 2 heterocycles. The second kappa shape index (κ2) is 3.28. The van der Waals surface area contributed by atoms with E-state index in [0.29, 0.717) is 5.92 Å². The van der Waals surface area contributed by atoms with Crippen molar-refractivity contribution < 1.29 is 0 Å². The molecule has 3 heteroatoms. The summed E-state index contributed by atoms with van der Waals surface area (Å²) < 4.78 is 2.22. The quantitative estimate of drug-likeness (QED) is 0.727. The Labute approximate surface area is 94.3 Å². The summed E-state index contributed by atoms with van der Waals surface area (Å²) in [6.07, 6.45) is 0. The van der Waals surface area contributed by atoms with Gasteiger partial charge in [0.15, 0.2) is 0 Å². The molecule has 1 N–H and O–H groups in total. The summed E-state index contributed by atoms with van der Waals surface area (Å²) in [6.45, 7) is 4.16. The van der Waals surface area contributed by atoms with Gasteiger partial charge >= 0.3 is 0 Å². The minimum Gasteiger partial charge on any atom is -0.370 e. The summed E-state index contributed by atoms with van der Waals surface area (Å²) in [5, 5.41) is 13.7. The summed E-state index contributed by atoms with van der Waals surface area (Å²) in [7, 11) is 0. The molecule has 0 fully saturated rings. The van der Waals surface area contributed by atoms with Crippen LogP contribution >= 0.6 is 0 Å². The van der Waals surface area contributed by atoms with Gasteiger partial charge in [-0.1, -0.05) is 25.1 Å². The molecule has 1 aliphatic rings. The van der Waals surface area contributed by atoms with E-state index in [4.69, 9.17) is 0 Å². The molecule has 3 nitrogen and oxygen atoms in total. The summed E-state index contributed by atoms with van der Waals surface area (Å²) in [4.78, 5) is 0. The van der Waals surface area contributed by atoms with Gasteiger partial charge in [0, 0.05) is 18.5 Å². The summed E-state index contributed by atoms with van der Waals surface area (Å²) in [5.41, 5.74) is 1.94. The largest absolute Gasteiger partial charge is 0.370 e. The molecule has 0 saturated heterocycles. The van der Waals surface area contributed by atoms with Crippen LogP contribution in [-0.4, -0.2) is 11.1 Å². The van der Waals surface area contributed by atoms with Crippen molar-refractivity contribution in [2.75, 3.05) is 11.9 Å². The first kappa shape index (κ1) is 9.29. The van der Waals surface area contributed by atoms with Gasteiger partial charge in [0.05, 0.1) is 5.52 Å². The highest BCUT2D eigenvalue weighted by Crippen LogP contribution is 2.32. The van der Waals surface area contributed by atoms with Crippen molar-refractivity contribution >= 4 is 16.7 Å². The van der Waals surface area contributed by atoms with Crippen LogP contribution in [0.2, 0.25) is 0 Å². The van der Waals surface area contributed by atoms with E-state index in [1.165, 1.54) is 0 Å². The van der Waals surface area contributed by atoms with Crippen LogP contribution in [0.15, 0.2) is 24.3 Å². The summed E-state index contributed by atoms with van der Waals surface area (Å²) in [5.74, 6) is 1.59. The number of hydrogen-bond acceptors (Lipinski definition) is 2. The number of anilines is 1. The Hall–Kier alpha value is -1.95. The van der Waals surface area contributed by atoms with Gasteiger partial charge in [-0.15, -0.1) is 0 Å². The highest BCUT2D eigenvalue weighted by Gasteiger charge is 2.21. The average Bonchev–Trinajstić information content (AvgIpc) is 2.62. The van der Waals surface area contributed by atoms with Crippen LogP contribution in [0.25, 0.3) is 10.9 Å². The van der Waals surface area contributed by atoms with Crippen molar-refractivity contribution in [3.8, 4) is 6.07 Å². The molecule has 0 spiro atoms. The monoisotopic (exact) mass is 211 g/mol. The fourth-order valence-electron chi connectivity index (χ4n) is 2.44. The minimum absolute atomic E-state index is 0.606. The first-order valence-electron chi connectivity index (χ1n) is 5.56. The Morgan fingerprint density at radius 2 is 2.25 bits per heavy atom. The minimum atomic E-state index is 0.606. The fraction of sp³-hybridized carbons (Fsp3) is 0.308. The van der Waals surface area contributed by atoms with E-state index in [1.54, 1.807) is 0 Å². The first-order chi connectivity index (χ1) is 7.81. The molecule has 80 valence electrons. The zero-order valence-corrected chi connectivity index (χ0v) is 9.20. The second-order valence-electron chi connectivity index (χ2n) is 4.45. The van der Waals surface area contributed by atoms with Gasteiger partial charge in [0.2, 0.25) is 0 Å². The summed E-state index contributed by atoms with van der Waals surface area (Å²) in [6, 6.07) is 10.4. The number of rotatable bonds is 0. The molecule has 2 aromatic rings. The molecular formula is C13H13N3. The third-order valence-corrected chi connectivity index (χ3v) is 3.19. The van der Waals surface area contributed by atoms with Crippen molar-refractivity contribution in [2.24, 2.45) is 5.92 Å². The van der Waals surface area contributed by atoms with Gasteiger partial charge in [-0.25, -0.2) is 0 Å². The zero-order chi connectivity index (χ0) is 11.1. The van der Waals surface area contributed by atoms with Gasteiger partial charge in [-0.2, -0.15) is 5.26 Å². The van der Waals surface area contributed by atoms with Crippen LogP contribution in [0.5, 0.6) is 0 Å². The predicted octanol–water partition coefficient (Wildman–Crippen LogP) is 2.57. The molecule has 0 aliphatic carbocycles. The molecule has 0 bridgehead atoms. The van der Waals surface area contributed by atoms with Crippen molar-refractivity contribution in [1.29, 1.82) is 5.26 Å². The zero-order valence-electron chi connectivity index (χ0n) is 9.20. The van der Waals surface area contributed by atoms with Crippen LogP contribution in [-0.2, 0) is 6.54 Å². The Morgan fingerprint density at radius 1 is 1.44 bits per heavy atom. The predicted molar refractivity (Wildman–Crippen MR) is 64.3 cm³/mol. The van der Waals surface area contributed by atoms with Crippen LogP contribution in [0.1, 0.15) is 12.5 Å². The normalized spacial score (nSPS) is 18.9. The number of hydrogen-bond donors (Lipinski definition) is 1. The maximum atomic E-state index is 9.24. The topological polar surface area (TPSA) is 40.8 Å². The number of fused-ring (bicyclic) bond motifs is 3. The van der Waals surface area contributed by atoms with E-state index in [1.807, 2.05) is 18.2 Å². The third-order valence-electron chi connectivity index (χ3n) is 3.19. The number of nitriles is 1. The number of nitrogens with one attached hydrogen (secondary N) is 1. The molecule has 0 amide bonds. The maximum absolute atomic E-state index is 9.24. The average molecular weight is 211 g/mol. The van der Waals surface area contributed by atoms with Crippen LogP contribution in [0.4, 0.5) is 5.82 Å². The molecule has 1 aromatic heterocycles. The van der Waals surface area contributed by atoms with Gasteiger partial charge in [-0.05, 0) is 12.0 Å². The number of para-hydroxylation sites is 1. The molecule has 1 aromatic carbocycles. The summed E-state index contributed by atoms with van der Waals surface area (Å²) >= 11 is 0. The van der Waals surface area contributed by atoms with Crippen molar-refractivity contribution in [3.05, 3.63) is 29.8 Å². The molecular weight excluding hydrogens is 198 g/mol. The van der Waals surface area contributed by atoms with Crippen LogP contribution in [0, 0.1) is 17.2 Å². The van der Waals surface area contributed by atoms with Crippen molar-refractivity contribution in [2.45, 2.75) is 13.5 Å². The Kier molecular flexibility index (Phi) is 1.90. The highest BCUT2D eigenvalue weighted by atomic mass is 15.1. The van der Waals surface area contributed by atoms with E-state index >= 15 is 0 Å². The van der Waals surface area contributed by atoms with Crippen molar-refractivity contribution in [1.82, 2.24) is 4.57 Å². The lowest BCUT2D eigenvalue weighted by Gasteiger charge is -2.23. The molecule has 3 rings (SSSR count). The molecule has 0 saturated carbocycles. The van der Waals surface area contributed by atoms with Crippen LogP contribution < -0.4 is 5.32 Å². The van der Waals surface area contributed by atoms with E-state index in [9.17, 15) is 5.26 Å². The Morgan fingerprint density at radius 3 is 3.06 bits per heavy atom. The van der Waals surface area contributed by atoms with E-state index in [0.717, 1.165) is 35.4 Å². The Bertz CT molecular complexity index is 589. The SMILES string of the molecule is CC1CNc2c(C#N)c3ccccc3n2C1. The van der Waals surface area contributed by atoms with Crippen molar-refractivity contribution in [3.63, 3.8) is 0 Å². The van der Waals surface area contributed by atoms with Gasteiger partial charge in [-0.3, -0.25) is 0 Å². The standard InChI is InChI=1S/C13H13N3/c1-9-7-15-13-11(6-14)10-4-2-3-5-12(10)16(13)8-9/h2-5,9,15H,7-8H2,1H3. The highest BCUT2D eigenvalue weighted by molar-refractivity contribution is 5.92. The Balaban J connectivity index is 2.37.